The highest BCUT2D eigenvalue weighted by atomic mass is 16.5. The number of aromatic nitrogens is 1. The number of ether oxygens (including phenoxy) is 1. The molecule has 0 amide bonds. The van der Waals surface area contributed by atoms with Crippen molar-refractivity contribution in [3.63, 3.8) is 0 Å². The Kier molecular flexibility index (Phi) is 2.61. The van der Waals surface area contributed by atoms with E-state index in [1.165, 1.54) is 5.56 Å². The zero-order valence-electron chi connectivity index (χ0n) is 10.1. The molecule has 4 heteroatoms. The van der Waals surface area contributed by atoms with Gasteiger partial charge in [-0.1, -0.05) is 6.07 Å². The molecule has 90 valence electrons. The molecule has 1 saturated heterocycles. The topological polar surface area (TPSA) is 47.3 Å². The molecular formula is C13H16N2O2. The first-order valence-electron chi connectivity index (χ1n) is 5.94. The van der Waals surface area contributed by atoms with Gasteiger partial charge in [0.1, 0.15) is 11.6 Å². The van der Waals surface area contributed by atoms with Crippen LogP contribution in [0.2, 0.25) is 0 Å². The van der Waals surface area contributed by atoms with Gasteiger partial charge in [0.15, 0.2) is 5.58 Å². The molecule has 17 heavy (non-hydrogen) atoms. The van der Waals surface area contributed by atoms with Crippen molar-refractivity contribution in [2.75, 3.05) is 19.7 Å². The minimum Gasteiger partial charge on any atom is -0.437 e. The van der Waals surface area contributed by atoms with Crippen LogP contribution in [0.1, 0.15) is 23.1 Å². The number of rotatable bonds is 1. The quantitative estimate of drug-likeness (QED) is 0.818. The fourth-order valence-corrected chi connectivity index (χ4v) is 2.26. The van der Waals surface area contributed by atoms with Crippen LogP contribution in [0.4, 0.5) is 0 Å². The molecule has 0 bridgehead atoms. The van der Waals surface area contributed by atoms with E-state index in [1.54, 1.807) is 0 Å². The Hall–Kier alpha value is -1.39. The fraction of sp³-hybridized carbons (Fsp3) is 0.462. The zero-order valence-corrected chi connectivity index (χ0v) is 10.1. The maximum Gasteiger partial charge on any atom is 0.225 e. The second-order valence-corrected chi connectivity index (χ2v) is 4.55. The van der Waals surface area contributed by atoms with Crippen molar-refractivity contribution in [3.05, 3.63) is 29.2 Å². The van der Waals surface area contributed by atoms with E-state index in [0.717, 1.165) is 29.8 Å². The van der Waals surface area contributed by atoms with Crippen molar-refractivity contribution in [2.24, 2.45) is 0 Å². The van der Waals surface area contributed by atoms with Crippen LogP contribution in [-0.4, -0.2) is 24.7 Å². The lowest BCUT2D eigenvalue weighted by Crippen LogP contribution is -2.33. The van der Waals surface area contributed by atoms with E-state index in [4.69, 9.17) is 9.15 Å². The van der Waals surface area contributed by atoms with E-state index in [-0.39, 0.29) is 6.10 Å². The van der Waals surface area contributed by atoms with Crippen molar-refractivity contribution < 1.29 is 9.15 Å². The fourth-order valence-electron chi connectivity index (χ4n) is 2.26. The summed E-state index contributed by atoms with van der Waals surface area (Å²) in [6.07, 6.45) is -0.0594. The van der Waals surface area contributed by atoms with E-state index in [1.807, 2.05) is 13.0 Å². The zero-order chi connectivity index (χ0) is 11.8. The molecule has 2 heterocycles. The van der Waals surface area contributed by atoms with Crippen molar-refractivity contribution in [2.45, 2.75) is 20.0 Å². The van der Waals surface area contributed by atoms with E-state index in [9.17, 15) is 0 Å². The smallest absolute Gasteiger partial charge is 0.225 e. The lowest BCUT2D eigenvalue weighted by atomic mass is 10.1. The third kappa shape index (κ3) is 1.94. The van der Waals surface area contributed by atoms with Gasteiger partial charge >= 0.3 is 0 Å². The molecule has 1 N–H and O–H groups in total. The van der Waals surface area contributed by atoms with Crippen LogP contribution in [0.25, 0.3) is 11.1 Å². The average Bonchev–Trinajstić information content (AvgIpc) is 2.74. The Morgan fingerprint density at radius 3 is 3.00 bits per heavy atom. The Bertz CT molecular complexity index is 542. The van der Waals surface area contributed by atoms with Crippen LogP contribution >= 0.6 is 0 Å². The van der Waals surface area contributed by atoms with Gasteiger partial charge in [-0.05, 0) is 31.0 Å². The van der Waals surface area contributed by atoms with E-state index in [0.29, 0.717) is 12.5 Å². The van der Waals surface area contributed by atoms with Gasteiger partial charge in [-0.3, -0.25) is 0 Å². The second kappa shape index (κ2) is 4.13. The monoisotopic (exact) mass is 232 g/mol. The van der Waals surface area contributed by atoms with Gasteiger partial charge in [0.25, 0.3) is 0 Å². The first kappa shape index (κ1) is 10.7. The number of aryl methyl sites for hydroxylation is 2. The summed E-state index contributed by atoms with van der Waals surface area (Å²) in [6, 6.07) is 4.16. The van der Waals surface area contributed by atoms with Gasteiger partial charge in [-0.25, -0.2) is 4.98 Å². The minimum atomic E-state index is -0.0594. The SMILES string of the molecule is Cc1cc(C)c2oc(C3CNCCO3)nc2c1. The van der Waals surface area contributed by atoms with Crippen LogP contribution in [0.3, 0.4) is 0 Å². The number of nitrogens with one attached hydrogen (secondary N) is 1. The van der Waals surface area contributed by atoms with Gasteiger partial charge in [-0.15, -0.1) is 0 Å². The molecule has 1 fully saturated rings. The average molecular weight is 232 g/mol. The predicted octanol–water partition coefficient (Wildman–Crippen LogP) is 2.11. The molecule has 1 aromatic heterocycles. The maximum absolute atomic E-state index is 5.82. The summed E-state index contributed by atoms with van der Waals surface area (Å²) in [4.78, 5) is 4.53. The normalized spacial score (nSPS) is 20.9. The largest absolute Gasteiger partial charge is 0.437 e. The second-order valence-electron chi connectivity index (χ2n) is 4.55. The summed E-state index contributed by atoms with van der Waals surface area (Å²) < 4.78 is 11.5. The van der Waals surface area contributed by atoms with Gasteiger partial charge < -0.3 is 14.5 Å². The summed E-state index contributed by atoms with van der Waals surface area (Å²) in [7, 11) is 0. The molecule has 3 rings (SSSR count). The summed E-state index contributed by atoms with van der Waals surface area (Å²) in [5.74, 6) is 0.681. The molecule has 1 aliphatic heterocycles. The highest BCUT2D eigenvalue weighted by molar-refractivity contribution is 5.77. The Balaban J connectivity index is 2.03. The minimum absolute atomic E-state index is 0.0594. The Labute approximate surface area is 100.0 Å². The van der Waals surface area contributed by atoms with Crippen LogP contribution in [0.5, 0.6) is 0 Å². The number of nitrogens with zero attached hydrogens (tertiary/aromatic N) is 1. The third-order valence-corrected chi connectivity index (χ3v) is 3.04. The molecular weight excluding hydrogens is 216 g/mol. The van der Waals surface area contributed by atoms with Crippen molar-refractivity contribution >= 4 is 11.1 Å². The molecule has 0 radical (unpaired) electrons. The maximum atomic E-state index is 5.82. The molecule has 4 nitrogen and oxygen atoms in total. The Morgan fingerprint density at radius 2 is 2.24 bits per heavy atom. The van der Waals surface area contributed by atoms with Crippen LogP contribution < -0.4 is 5.32 Å². The standard InChI is InChI=1S/C13H16N2O2/c1-8-5-9(2)12-10(6-8)15-13(17-12)11-7-14-3-4-16-11/h5-6,11,14H,3-4,7H2,1-2H3. The van der Waals surface area contributed by atoms with Crippen LogP contribution in [-0.2, 0) is 4.74 Å². The summed E-state index contributed by atoms with van der Waals surface area (Å²) in [5, 5.41) is 3.28. The summed E-state index contributed by atoms with van der Waals surface area (Å²) in [5.41, 5.74) is 4.13. The first-order valence-corrected chi connectivity index (χ1v) is 5.94. The van der Waals surface area contributed by atoms with Crippen LogP contribution in [0, 0.1) is 13.8 Å². The number of benzene rings is 1. The molecule has 2 aromatic rings. The number of hydrogen-bond acceptors (Lipinski definition) is 4. The summed E-state index contributed by atoms with van der Waals surface area (Å²) in [6.45, 7) is 6.49. The van der Waals surface area contributed by atoms with Gasteiger partial charge in [-0.2, -0.15) is 0 Å². The van der Waals surface area contributed by atoms with Crippen molar-refractivity contribution in [1.29, 1.82) is 0 Å². The highest BCUT2D eigenvalue weighted by Crippen LogP contribution is 2.26. The number of hydrogen-bond donors (Lipinski definition) is 1. The molecule has 1 aromatic carbocycles. The van der Waals surface area contributed by atoms with Gasteiger partial charge in [0.2, 0.25) is 5.89 Å². The lowest BCUT2D eigenvalue weighted by molar-refractivity contribution is 0.0118. The molecule has 0 aliphatic carbocycles. The number of fused-ring (bicyclic) bond motifs is 1. The molecule has 1 atom stereocenters. The van der Waals surface area contributed by atoms with E-state index >= 15 is 0 Å². The van der Waals surface area contributed by atoms with E-state index < -0.39 is 0 Å². The number of morpholine rings is 1. The number of oxazole rings is 1. The van der Waals surface area contributed by atoms with Crippen LogP contribution in [0.15, 0.2) is 16.5 Å². The molecule has 1 aliphatic rings. The van der Waals surface area contributed by atoms with Gasteiger partial charge in [0, 0.05) is 13.1 Å². The van der Waals surface area contributed by atoms with Crippen molar-refractivity contribution in [1.82, 2.24) is 10.3 Å². The highest BCUT2D eigenvalue weighted by Gasteiger charge is 2.21. The molecule has 0 spiro atoms. The third-order valence-electron chi connectivity index (χ3n) is 3.04. The predicted molar refractivity (Wildman–Crippen MR) is 65.0 cm³/mol. The van der Waals surface area contributed by atoms with E-state index in [2.05, 4.69) is 23.3 Å². The van der Waals surface area contributed by atoms with Crippen molar-refractivity contribution in [3.8, 4) is 0 Å². The first-order chi connectivity index (χ1) is 8.24. The molecule has 0 saturated carbocycles. The Morgan fingerprint density at radius 1 is 1.35 bits per heavy atom. The van der Waals surface area contributed by atoms with Gasteiger partial charge in [0.05, 0.1) is 6.61 Å². The lowest BCUT2D eigenvalue weighted by Gasteiger charge is -2.20. The summed E-state index contributed by atoms with van der Waals surface area (Å²) >= 11 is 0. The molecule has 1 unspecified atom stereocenters.